The van der Waals surface area contributed by atoms with Gasteiger partial charge in [-0.1, -0.05) is 36.4 Å². The highest BCUT2D eigenvalue weighted by atomic mass is 16.4. The summed E-state index contributed by atoms with van der Waals surface area (Å²) in [6, 6.07) is 13.4. The third kappa shape index (κ3) is 4.23. The second-order valence-electron chi connectivity index (χ2n) is 7.73. The molecule has 4 N–H and O–H groups in total. The molecule has 8 heteroatoms. The smallest absolute Gasteiger partial charge is 0.326 e. The normalized spacial score (nSPS) is 16.0. The molecule has 1 aromatic heterocycles. The van der Waals surface area contributed by atoms with Gasteiger partial charge in [-0.2, -0.15) is 0 Å². The molecule has 8 nitrogen and oxygen atoms in total. The first-order valence-electron chi connectivity index (χ1n) is 10.2. The van der Waals surface area contributed by atoms with Crippen LogP contribution in [0.4, 0.5) is 10.5 Å². The van der Waals surface area contributed by atoms with E-state index in [9.17, 15) is 19.5 Å². The van der Waals surface area contributed by atoms with E-state index in [0.717, 1.165) is 34.1 Å². The summed E-state index contributed by atoms with van der Waals surface area (Å²) >= 11 is 0. The van der Waals surface area contributed by atoms with Crippen LogP contribution in [0, 0.1) is 0 Å². The Labute approximate surface area is 179 Å². The number of aromatic amines is 1. The van der Waals surface area contributed by atoms with Crippen molar-refractivity contribution in [2.45, 2.75) is 31.8 Å². The number of carboxylic acids is 1. The Bertz CT molecular complexity index is 1140. The van der Waals surface area contributed by atoms with Crippen LogP contribution in [0.3, 0.4) is 0 Å². The molecule has 2 unspecified atom stereocenters. The highest BCUT2D eigenvalue weighted by Crippen LogP contribution is 2.31. The van der Waals surface area contributed by atoms with Crippen LogP contribution in [-0.4, -0.2) is 46.6 Å². The number of hydrogen-bond donors (Lipinski definition) is 4. The molecule has 2 aromatic carbocycles. The predicted octanol–water partition coefficient (Wildman–Crippen LogP) is 2.44. The number of fused-ring (bicyclic) bond motifs is 2. The molecule has 3 aromatic rings. The molecular formula is C23H24N4O4. The fourth-order valence-electron chi connectivity index (χ4n) is 4.12. The number of hydrogen-bond acceptors (Lipinski definition) is 3. The Morgan fingerprint density at radius 2 is 1.90 bits per heavy atom. The summed E-state index contributed by atoms with van der Waals surface area (Å²) in [6.45, 7) is 1.74. The van der Waals surface area contributed by atoms with Crippen molar-refractivity contribution in [3.8, 4) is 0 Å². The highest BCUT2D eigenvalue weighted by molar-refractivity contribution is 5.99. The van der Waals surface area contributed by atoms with E-state index < -0.39 is 18.0 Å². The second kappa shape index (κ2) is 8.51. The molecule has 0 aliphatic carbocycles. The summed E-state index contributed by atoms with van der Waals surface area (Å²) in [5.41, 5.74) is 3.64. The quantitative estimate of drug-likeness (QED) is 0.490. The van der Waals surface area contributed by atoms with Crippen LogP contribution in [0.1, 0.15) is 18.1 Å². The molecule has 4 rings (SSSR count). The average molecular weight is 420 g/mol. The largest absolute Gasteiger partial charge is 0.480 e. The number of urea groups is 1. The zero-order chi connectivity index (χ0) is 22.0. The maximum Gasteiger partial charge on any atom is 0.326 e. The number of H-pyrrole nitrogens is 1. The monoisotopic (exact) mass is 420 g/mol. The Morgan fingerprint density at radius 3 is 2.71 bits per heavy atom. The molecule has 1 aliphatic rings. The number of anilines is 1. The summed E-state index contributed by atoms with van der Waals surface area (Å²) in [6.07, 6.45) is 2.63. The van der Waals surface area contributed by atoms with E-state index >= 15 is 0 Å². The highest BCUT2D eigenvalue weighted by Gasteiger charge is 2.30. The Hall–Kier alpha value is -3.81. The fourth-order valence-corrected chi connectivity index (χ4v) is 4.12. The van der Waals surface area contributed by atoms with Crippen molar-refractivity contribution in [2.24, 2.45) is 0 Å². The maximum absolute atomic E-state index is 12.7. The van der Waals surface area contributed by atoms with Crippen LogP contribution in [0.2, 0.25) is 0 Å². The molecule has 0 saturated carbocycles. The van der Waals surface area contributed by atoms with Gasteiger partial charge in [-0.15, -0.1) is 0 Å². The van der Waals surface area contributed by atoms with Crippen molar-refractivity contribution >= 4 is 34.5 Å². The van der Waals surface area contributed by atoms with E-state index in [4.69, 9.17) is 0 Å². The molecule has 1 aliphatic heterocycles. The number of benzene rings is 2. The molecule has 0 bridgehead atoms. The van der Waals surface area contributed by atoms with Crippen molar-refractivity contribution in [1.29, 1.82) is 0 Å². The topological polar surface area (TPSA) is 115 Å². The number of carbonyl (C=O) groups is 3. The van der Waals surface area contributed by atoms with Gasteiger partial charge in [0.15, 0.2) is 0 Å². The van der Waals surface area contributed by atoms with E-state index in [2.05, 4.69) is 15.6 Å². The fraction of sp³-hybridized carbons (Fsp3) is 0.261. The number of rotatable bonds is 6. The molecule has 31 heavy (non-hydrogen) atoms. The zero-order valence-corrected chi connectivity index (χ0v) is 17.1. The van der Waals surface area contributed by atoms with Crippen LogP contribution < -0.4 is 15.5 Å². The van der Waals surface area contributed by atoms with Crippen LogP contribution in [0.15, 0.2) is 54.7 Å². The molecule has 160 valence electrons. The van der Waals surface area contributed by atoms with E-state index in [1.165, 1.54) is 0 Å². The van der Waals surface area contributed by atoms with Gasteiger partial charge in [-0.3, -0.25) is 4.79 Å². The lowest BCUT2D eigenvalue weighted by molar-refractivity contribution is -0.139. The lowest BCUT2D eigenvalue weighted by Gasteiger charge is -2.23. The van der Waals surface area contributed by atoms with Crippen molar-refractivity contribution in [2.75, 3.05) is 11.4 Å². The molecule has 0 fully saturated rings. The maximum atomic E-state index is 12.7. The van der Waals surface area contributed by atoms with Crippen molar-refractivity contribution in [3.63, 3.8) is 0 Å². The van der Waals surface area contributed by atoms with Crippen molar-refractivity contribution in [1.82, 2.24) is 15.6 Å². The third-order valence-corrected chi connectivity index (χ3v) is 5.58. The van der Waals surface area contributed by atoms with Gasteiger partial charge >= 0.3 is 12.0 Å². The summed E-state index contributed by atoms with van der Waals surface area (Å²) < 4.78 is 0. The van der Waals surface area contributed by atoms with Gasteiger partial charge in [0.2, 0.25) is 5.91 Å². The number of amides is 3. The van der Waals surface area contributed by atoms with Gasteiger partial charge in [0.1, 0.15) is 6.04 Å². The molecular weight excluding hydrogens is 396 g/mol. The van der Waals surface area contributed by atoms with Gasteiger partial charge in [0.05, 0.1) is 6.54 Å². The number of carbonyl (C=O) groups excluding carboxylic acids is 2. The third-order valence-electron chi connectivity index (χ3n) is 5.58. The number of nitrogens with zero attached hydrogens (tertiary/aromatic N) is 1. The molecule has 0 spiro atoms. The summed E-state index contributed by atoms with van der Waals surface area (Å²) in [5.74, 6) is -1.38. The summed E-state index contributed by atoms with van der Waals surface area (Å²) in [5, 5.41) is 15.4. The van der Waals surface area contributed by atoms with Gasteiger partial charge < -0.3 is 25.6 Å². The van der Waals surface area contributed by atoms with Crippen molar-refractivity contribution < 1.29 is 19.5 Å². The Balaban J connectivity index is 1.37. The number of para-hydroxylation sites is 2. The standard InChI is InChI=1S/C23H24N4O4/c1-14-10-15-6-2-5-9-20(15)27(14)21(28)13-25-23(31)26-19(22(29)30)11-16-12-24-18-8-4-3-7-17(16)18/h2-9,12,14,19,24H,10-11,13H2,1H3,(H,29,30)(H2,25,26,31). The number of carboxylic acid groups (broad SMARTS) is 1. The first kappa shape index (κ1) is 20.5. The van der Waals surface area contributed by atoms with E-state index in [1.807, 2.05) is 55.5 Å². The van der Waals surface area contributed by atoms with Crippen LogP contribution in [0.25, 0.3) is 10.9 Å². The number of aromatic nitrogens is 1. The van der Waals surface area contributed by atoms with Gasteiger partial charge in [0.25, 0.3) is 0 Å². The van der Waals surface area contributed by atoms with E-state index in [1.54, 1.807) is 11.1 Å². The zero-order valence-electron chi connectivity index (χ0n) is 17.1. The van der Waals surface area contributed by atoms with Gasteiger partial charge in [0, 0.05) is 35.2 Å². The number of aliphatic carboxylic acids is 1. The van der Waals surface area contributed by atoms with Gasteiger partial charge in [-0.05, 0) is 36.6 Å². The van der Waals surface area contributed by atoms with Crippen LogP contribution >= 0.6 is 0 Å². The van der Waals surface area contributed by atoms with Crippen LogP contribution in [0.5, 0.6) is 0 Å². The minimum absolute atomic E-state index is 0.00315. The molecule has 3 amide bonds. The molecule has 0 radical (unpaired) electrons. The average Bonchev–Trinajstić information content (AvgIpc) is 3.31. The number of nitrogens with one attached hydrogen (secondary N) is 3. The summed E-state index contributed by atoms with van der Waals surface area (Å²) in [7, 11) is 0. The van der Waals surface area contributed by atoms with E-state index in [-0.39, 0.29) is 24.9 Å². The molecule has 2 heterocycles. The second-order valence-corrected chi connectivity index (χ2v) is 7.73. The Morgan fingerprint density at radius 1 is 1.16 bits per heavy atom. The SMILES string of the molecule is CC1Cc2ccccc2N1C(=O)CNC(=O)NC(Cc1c[nH]c2ccccc12)C(=O)O. The summed E-state index contributed by atoms with van der Waals surface area (Å²) in [4.78, 5) is 41.5. The first-order chi connectivity index (χ1) is 14.9. The van der Waals surface area contributed by atoms with Crippen molar-refractivity contribution in [3.05, 3.63) is 65.9 Å². The lowest BCUT2D eigenvalue weighted by atomic mass is 10.1. The molecule has 0 saturated heterocycles. The minimum atomic E-state index is -1.14. The van der Waals surface area contributed by atoms with Crippen LogP contribution in [-0.2, 0) is 22.4 Å². The first-order valence-corrected chi connectivity index (χ1v) is 10.2. The predicted molar refractivity (Wildman–Crippen MR) is 117 cm³/mol. The lowest BCUT2D eigenvalue weighted by Crippen LogP contribution is -2.50. The Kier molecular flexibility index (Phi) is 5.62. The minimum Gasteiger partial charge on any atom is -0.480 e. The molecule has 2 atom stereocenters. The van der Waals surface area contributed by atoms with Gasteiger partial charge in [-0.25, -0.2) is 9.59 Å². The van der Waals surface area contributed by atoms with E-state index in [0.29, 0.717) is 0 Å².